The predicted molar refractivity (Wildman–Crippen MR) is 71.2 cm³/mol. The molecule has 0 saturated heterocycles. The first kappa shape index (κ1) is 12.5. The number of nitrogens with zero attached hydrogens (tertiary/aromatic N) is 1. The number of anilines is 1. The van der Waals surface area contributed by atoms with E-state index in [1.807, 2.05) is 30.3 Å². The Bertz CT molecular complexity index is 528. The molecule has 0 aliphatic heterocycles. The minimum absolute atomic E-state index is 0.287. The summed E-state index contributed by atoms with van der Waals surface area (Å²) in [7, 11) is 0. The van der Waals surface area contributed by atoms with Crippen molar-refractivity contribution in [1.29, 1.82) is 0 Å². The third-order valence-corrected chi connectivity index (χ3v) is 2.66. The first-order valence-corrected chi connectivity index (χ1v) is 5.77. The van der Waals surface area contributed by atoms with Crippen molar-refractivity contribution in [2.24, 2.45) is 5.73 Å². The normalized spacial score (nSPS) is 11.9. The molecule has 0 saturated carbocycles. The summed E-state index contributed by atoms with van der Waals surface area (Å²) in [5.41, 5.74) is 7.18. The summed E-state index contributed by atoms with van der Waals surface area (Å²) in [5.74, 6) is -0.287. The maximum absolute atomic E-state index is 11.9. The average Bonchev–Trinajstić information content (AvgIpc) is 2.41. The molecular formula is C13H12ClN3O. The van der Waals surface area contributed by atoms with Gasteiger partial charge in [0, 0.05) is 0 Å². The van der Waals surface area contributed by atoms with E-state index >= 15 is 0 Å². The van der Waals surface area contributed by atoms with Gasteiger partial charge in [-0.1, -0.05) is 41.9 Å². The van der Waals surface area contributed by atoms with E-state index in [9.17, 15) is 4.79 Å². The quantitative estimate of drug-likeness (QED) is 0.834. The zero-order chi connectivity index (χ0) is 13.0. The minimum atomic E-state index is -0.707. The van der Waals surface area contributed by atoms with Crippen LogP contribution in [0.25, 0.3) is 0 Å². The molecule has 0 bridgehead atoms. The average molecular weight is 262 g/mol. The molecule has 2 rings (SSSR count). The van der Waals surface area contributed by atoms with Crippen molar-refractivity contribution in [3.05, 3.63) is 59.4 Å². The maximum atomic E-state index is 11.9. The molecule has 0 fully saturated rings. The minimum Gasteiger partial charge on any atom is -0.323 e. The van der Waals surface area contributed by atoms with E-state index in [2.05, 4.69) is 10.3 Å². The Morgan fingerprint density at radius 1 is 1.22 bits per heavy atom. The van der Waals surface area contributed by atoms with E-state index in [4.69, 9.17) is 17.3 Å². The van der Waals surface area contributed by atoms with Crippen LogP contribution in [0.3, 0.4) is 0 Å². The highest BCUT2D eigenvalue weighted by molar-refractivity contribution is 6.29. The number of halogens is 1. The number of nitrogens with two attached hydrogens (primary N) is 1. The molecule has 0 unspecified atom stereocenters. The van der Waals surface area contributed by atoms with Crippen LogP contribution in [-0.4, -0.2) is 10.9 Å². The molecule has 5 heteroatoms. The number of nitrogens with one attached hydrogen (secondary N) is 1. The van der Waals surface area contributed by atoms with Gasteiger partial charge in [0.15, 0.2) is 0 Å². The van der Waals surface area contributed by atoms with Gasteiger partial charge in [0.05, 0.1) is 11.9 Å². The second-order valence-electron chi connectivity index (χ2n) is 3.75. The van der Waals surface area contributed by atoms with E-state index in [0.29, 0.717) is 10.8 Å². The number of hydrogen-bond acceptors (Lipinski definition) is 3. The van der Waals surface area contributed by atoms with E-state index in [1.165, 1.54) is 6.20 Å². The van der Waals surface area contributed by atoms with Gasteiger partial charge in [0.2, 0.25) is 5.91 Å². The second-order valence-corrected chi connectivity index (χ2v) is 4.13. The lowest BCUT2D eigenvalue weighted by Gasteiger charge is -2.12. The molecule has 0 radical (unpaired) electrons. The van der Waals surface area contributed by atoms with Gasteiger partial charge in [-0.25, -0.2) is 4.98 Å². The molecule has 0 aliphatic carbocycles. The summed E-state index contributed by atoms with van der Waals surface area (Å²) in [6.07, 6.45) is 1.48. The van der Waals surface area contributed by atoms with Crippen LogP contribution in [0.2, 0.25) is 5.15 Å². The lowest BCUT2D eigenvalue weighted by atomic mass is 10.1. The SMILES string of the molecule is N[C@H](C(=O)Nc1ccc(Cl)nc1)c1ccccc1. The summed E-state index contributed by atoms with van der Waals surface area (Å²) < 4.78 is 0. The largest absolute Gasteiger partial charge is 0.323 e. The fourth-order valence-corrected chi connectivity index (χ4v) is 1.59. The molecule has 4 nitrogen and oxygen atoms in total. The first-order valence-electron chi connectivity index (χ1n) is 5.40. The number of hydrogen-bond donors (Lipinski definition) is 2. The third-order valence-electron chi connectivity index (χ3n) is 2.44. The van der Waals surface area contributed by atoms with Crippen LogP contribution in [0, 0.1) is 0 Å². The molecule has 1 amide bonds. The van der Waals surface area contributed by atoms with E-state index in [0.717, 1.165) is 5.56 Å². The number of aromatic nitrogens is 1. The van der Waals surface area contributed by atoms with Crippen LogP contribution in [0.5, 0.6) is 0 Å². The van der Waals surface area contributed by atoms with E-state index < -0.39 is 6.04 Å². The highest BCUT2D eigenvalue weighted by atomic mass is 35.5. The Balaban J connectivity index is 2.06. The third kappa shape index (κ3) is 3.06. The number of carbonyl (C=O) groups excluding carboxylic acids is 1. The Morgan fingerprint density at radius 3 is 2.56 bits per heavy atom. The summed E-state index contributed by atoms with van der Waals surface area (Å²) in [4.78, 5) is 15.8. The molecule has 3 N–H and O–H groups in total. The van der Waals surface area contributed by atoms with Crippen molar-refractivity contribution in [3.63, 3.8) is 0 Å². The number of benzene rings is 1. The van der Waals surface area contributed by atoms with Crippen LogP contribution in [-0.2, 0) is 4.79 Å². The zero-order valence-electron chi connectivity index (χ0n) is 9.51. The Kier molecular flexibility index (Phi) is 3.92. The van der Waals surface area contributed by atoms with Gasteiger partial charge in [0.1, 0.15) is 11.2 Å². The van der Waals surface area contributed by atoms with Crippen molar-refractivity contribution in [3.8, 4) is 0 Å². The van der Waals surface area contributed by atoms with Gasteiger partial charge >= 0.3 is 0 Å². The summed E-state index contributed by atoms with van der Waals surface area (Å²) in [6.45, 7) is 0. The molecule has 1 heterocycles. The summed E-state index contributed by atoms with van der Waals surface area (Å²) >= 11 is 5.66. The molecule has 2 aromatic rings. The Morgan fingerprint density at radius 2 is 1.94 bits per heavy atom. The first-order chi connectivity index (χ1) is 8.66. The second kappa shape index (κ2) is 5.62. The standard InChI is InChI=1S/C13H12ClN3O/c14-11-7-6-10(8-16-11)17-13(18)12(15)9-4-2-1-3-5-9/h1-8,12H,15H2,(H,17,18)/t12-/m0/s1. The predicted octanol–water partition coefficient (Wildman–Crippen LogP) is 2.37. The lowest BCUT2D eigenvalue weighted by molar-refractivity contribution is -0.117. The highest BCUT2D eigenvalue weighted by Gasteiger charge is 2.15. The van der Waals surface area contributed by atoms with Crippen LogP contribution in [0.1, 0.15) is 11.6 Å². The van der Waals surface area contributed by atoms with Gasteiger partial charge in [-0.05, 0) is 17.7 Å². The summed E-state index contributed by atoms with van der Waals surface area (Å²) in [6, 6.07) is 11.7. The van der Waals surface area contributed by atoms with Crippen molar-refractivity contribution < 1.29 is 4.79 Å². The van der Waals surface area contributed by atoms with Gasteiger partial charge < -0.3 is 11.1 Å². The van der Waals surface area contributed by atoms with Crippen molar-refractivity contribution >= 4 is 23.2 Å². The number of rotatable bonds is 3. The van der Waals surface area contributed by atoms with Crippen molar-refractivity contribution in [2.75, 3.05) is 5.32 Å². The van der Waals surface area contributed by atoms with Gasteiger partial charge in [-0.3, -0.25) is 4.79 Å². The van der Waals surface area contributed by atoms with Crippen LogP contribution >= 0.6 is 11.6 Å². The summed E-state index contributed by atoms with van der Waals surface area (Å²) in [5, 5.41) is 3.06. The molecule has 1 aromatic heterocycles. The molecule has 0 aliphatic rings. The van der Waals surface area contributed by atoms with Gasteiger partial charge in [0.25, 0.3) is 0 Å². The van der Waals surface area contributed by atoms with Gasteiger partial charge in [-0.2, -0.15) is 0 Å². The lowest BCUT2D eigenvalue weighted by Crippen LogP contribution is -2.27. The number of carbonyl (C=O) groups is 1. The van der Waals surface area contributed by atoms with Gasteiger partial charge in [-0.15, -0.1) is 0 Å². The van der Waals surface area contributed by atoms with Crippen molar-refractivity contribution in [1.82, 2.24) is 4.98 Å². The van der Waals surface area contributed by atoms with Crippen molar-refractivity contribution in [2.45, 2.75) is 6.04 Å². The Labute approximate surface area is 110 Å². The topological polar surface area (TPSA) is 68.0 Å². The maximum Gasteiger partial charge on any atom is 0.245 e. The molecule has 92 valence electrons. The highest BCUT2D eigenvalue weighted by Crippen LogP contribution is 2.14. The van der Waals surface area contributed by atoms with Crippen LogP contribution in [0.15, 0.2) is 48.7 Å². The van der Waals surface area contributed by atoms with E-state index in [1.54, 1.807) is 12.1 Å². The zero-order valence-corrected chi connectivity index (χ0v) is 10.3. The Hall–Kier alpha value is -1.91. The molecule has 0 spiro atoms. The fourth-order valence-electron chi connectivity index (χ4n) is 1.48. The molecule has 18 heavy (non-hydrogen) atoms. The number of amides is 1. The molecule has 1 aromatic carbocycles. The van der Waals surface area contributed by atoms with E-state index in [-0.39, 0.29) is 5.91 Å². The molecular weight excluding hydrogens is 250 g/mol. The van der Waals surface area contributed by atoms with Crippen LogP contribution < -0.4 is 11.1 Å². The molecule has 1 atom stereocenters. The number of pyridine rings is 1. The smallest absolute Gasteiger partial charge is 0.245 e. The fraction of sp³-hybridized carbons (Fsp3) is 0.0769. The van der Waals surface area contributed by atoms with Crippen LogP contribution in [0.4, 0.5) is 5.69 Å². The monoisotopic (exact) mass is 261 g/mol.